The van der Waals surface area contributed by atoms with Gasteiger partial charge in [0.15, 0.2) is 0 Å². The molecular weight excluding hydrogens is 338 g/mol. The molecule has 1 amide bonds. The van der Waals surface area contributed by atoms with Crippen LogP contribution in [-0.2, 0) is 18.0 Å². The normalized spacial score (nSPS) is 14.7. The fourth-order valence-electron chi connectivity index (χ4n) is 3.50. The van der Waals surface area contributed by atoms with Crippen LogP contribution in [0.5, 0.6) is 5.75 Å². The zero-order valence-corrected chi connectivity index (χ0v) is 16.1. The predicted octanol–water partition coefficient (Wildman–Crippen LogP) is 4.86. The number of rotatable bonds is 8. The van der Waals surface area contributed by atoms with Crippen LogP contribution >= 0.6 is 0 Å². The topological polar surface area (TPSA) is 47.6 Å². The maximum absolute atomic E-state index is 12.6. The smallest absolute Gasteiger partial charge is 0.251 e. The van der Waals surface area contributed by atoms with Gasteiger partial charge in [0.1, 0.15) is 5.75 Å². The van der Waals surface area contributed by atoms with Crippen molar-refractivity contribution in [3.8, 4) is 5.75 Å². The number of amides is 1. The Kier molecular flexibility index (Phi) is 7.28. The van der Waals surface area contributed by atoms with E-state index in [0.717, 1.165) is 29.7 Å². The Hall–Kier alpha value is -2.33. The molecule has 1 aliphatic carbocycles. The van der Waals surface area contributed by atoms with Crippen molar-refractivity contribution >= 4 is 5.91 Å². The summed E-state index contributed by atoms with van der Waals surface area (Å²) in [5.41, 5.74) is 2.70. The van der Waals surface area contributed by atoms with Crippen LogP contribution in [0.1, 0.15) is 60.5 Å². The first kappa shape index (κ1) is 19.4. The Bertz CT molecular complexity index is 724. The van der Waals surface area contributed by atoms with Crippen LogP contribution < -0.4 is 10.1 Å². The van der Waals surface area contributed by atoms with E-state index in [-0.39, 0.29) is 5.91 Å². The molecule has 0 aliphatic heterocycles. The van der Waals surface area contributed by atoms with Crippen LogP contribution in [0, 0.1) is 0 Å². The molecule has 1 fully saturated rings. The molecule has 3 rings (SSSR count). The fourth-order valence-corrected chi connectivity index (χ4v) is 3.50. The number of hydrogen-bond acceptors (Lipinski definition) is 3. The van der Waals surface area contributed by atoms with Gasteiger partial charge in [0.25, 0.3) is 5.91 Å². The minimum atomic E-state index is -0.00532. The van der Waals surface area contributed by atoms with Gasteiger partial charge in [-0.15, -0.1) is 0 Å². The van der Waals surface area contributed by atoms with Crippen LogP contribution in [-0.4, -0.2) is 18.6 Å². The summed E-state index contributed by atoms with van der Waals surface area (Å²) in [6.45, 7) is 3.48. The third-order valence-corrected chi connectivity index (χ3v) is 4.93. The zero-order chi connectivity index (χ0) is 18.9. The number of carbonyl (C=O) groups excluding carboxylic acids is 1. The Morgan fingerprint density at radius 1 is 1.04 bits per heavy atom. The highest BCUT2D eigenvalue weighted by Gasteiger charge is 2.17. The lowest BCUT2D eigenvalue weighted by Gasteiger charge is -2.23. The van der Waals surface area contributed by atoms with Gasteiger partial charge in [-0.05, 0) is 43.5 Å². The molecule has 4 nitrogen and oxygen atoms in total. The van der Waals surface area contributed by atoms with E-state index in [2.05, 4.69) is 5.32 Å². The maximum atomic E-state index is 12.6. The molecule has 2 aromatic rings. The molecule has 0 atom stereocenters. The number of nitrogens with one attached hydrogen (secondary N) is 1. The minimum Gasteiger partial charge on any atom is -0.494 e. The number of ether oxygens (including phenoxy) is 2. The second-order valence-corrected chi connectivity index (χ2v) is 7.04. The molecule has 0 heterocycles. The first-order chi connectivity index (χ1) is 13.3. The van der Waals surface area contributed by atoms with Crippen LogP contribution in [0.3, 0.4) is 0 Å². The molecule has 0 unspecified atom stereocenters. The molecule has 1 N–H and O–H groups in total. The van der Waals surface area contributed by atoms with Crippen molar-refractivity contribution in [1.29, 1.82) is 0 Å². The van der Waals surface area contributed by atoms with E-state index in [0.29, 0.717) is 31.4 Å². The monoisotopic (exact) mass is 367 g/mol. The second kappa shape index (κ2) is 10.1. The second-order valence-electron chi connectivity index (χ2n) is 7.04. The third-order valence-electron chi connectivity index (χ3n) is 4.93. The standard InChI is InChI=1S/C23H29NO3/c1-2-27-22-14-13-19(23(25)24-21-11-7-4-8-12-21)15-20(22)17-26-16-18-9-5-3-6-10-18/h3,5-6,9-10,13-15,21H,2,4,7-8,11-12,16-17H2,1H3,(H,24,25). The van der Waals surface area contributed by atoms with Crippen molar-refractivity contribution in [1.82, 2.24) is 5.32 Å². The molecule has 27 heavy (non-hydrogen) atoms. The molecular formula is C23H29NO3. The summed E-state index contributed by atoms with van der Waals surface area (Å²) < 4.78 is 11.6. The van der Waals surface area contributed by atoms with E-state index >= 15 is 0 Å². The highest BCUT2D eigenvalue weighted by atomic mass is 16.5. The number of carbonyl (C=O) groups is 1. The van der Waals surface area contributed by atoms with Crippen molar-refractivity contribution in [2.75, 3.05) is 6.61 Å². The summed E-state index contributed by atoms with van der Waals surface area (Å²) in [4.78, 5) is 12.6. The number of hydrogen-bond donors (Lipinski definition) is 1. The Morgan fingerprint density at radius 3 is 2.56 bits per heavy atom. The van der Waals surface area contributed by atoms with Crippen molar-refractivity contribution < 1.29 is 14.3 Å². The van der Waals surface area contributed by atoms with Gasteiger partial charge in [-0.3, -0.25) is 4.79 Å². The lowest BCUT2D eigenvalue weighted by atomic mass is 9.95. The molecule has 0 saturated heterocycles. The summed E-state index contributed by atoms with van der Waals surface area (Å²) >= 11 is 0. The molecule has 0 spiro atoms. The highest BCUT2D eigenvalue weighted by Crippen LogP contribution is 2.23. The molecule has 2 aromatic carbocycles. The van der Waals surface area contributed by atoms with Crippen molar-refractivity contribution in [2.45, 2.75) is 58.3 Å². The summed E-state index contributed by atoms with van der Waals surface area (Å²) in [6.07, 6.45) is 5.84. The van der Waals surface area contributed by atoms with Crippen LogP contribution in [0.15, 0.2) is 48.5 Å². The van der Waals surface area contributed by atoms with Gasteiger partial charge in [-0.1, -0.05) is 49.6 Å². The van der Waals surface area contributed by atoms with Gasteiger partial charge in [0, 0.05) is 17.2 Å². The highest BCUT2D eigenvalue weighted by molar-refractivity contribution is 5.94. The molecule has 144 valence electrons. The van der Waals surface area contributed by atoms with E-state index in [1.165, 1.54) is 19.3 Å². The quantitative estimate of drug-likeness (QED) is 0.724. The largest absolute Gasteiger partial charge is 0.494 e. The van der Waals surface area contributed by atoms with Gasteiger partial charge in [-0.25, -0.2) is 0 Å². The molecule has 0 aromatic heterocycles. The molecule has 4 heteroatoms. The van der Waals surface area contributed by atoms with Crippen LogP contribution in [0.25, 0.3) is 0 Å². The Balaban J connectivity index is 1.64. The van der Waals surface area contributed by atoms with Gasteiger partial charge < -0.3 is 14.8 Å². The average molecular weight is 367 g/mol. The third kappa shape index (κ3) is 5.83. The number of benzene rings is 2. The summed E-state index contributed by atoms with van der Waals surface area (Å²) in [6, 6.07) is 16.0. The lowest BCUT2D eigenvalue weighted by molar-refractivity contribution is 0.0925. The Labute approximate surface area is 161 Å². The first-order valence-corrected chi connectivity index (χ1v) is 9.94. The van der Waals surface area contributed by atoms with E-state index < -0.39 is 0 Å². The van der Waals surface area contributed by atoms with Crippen LogP contribution in [0.4, 0.5) is 0 Å². The summed E-state index contributed by atoms with van der Waals surface area (Å²) in [7, 11) is 0. The molecule has 0 radical (unpaired) electrons. The van der Waals surface area contributed by atoms with Crippen molar-refractivity contribution in [2.24, 2.45) is 0 Å². The zero-order valence-electron chi connectivity index (χ0n) is 16.1. The molecule has 1 aliphatic rings. The Morgan fingerprint density at radius 2 is 1.81 bits per heavy atom. The van der Waals surface area contributed by atoms with E-state index in [9.17, 15) is 4.79 Å². The van der Waals surface area contributed by atoms with E-state index in [1.54, 1.807) is 0 Å². The molecule has 0 bridgehead atoms. The maximum Gasteiger partial charge on any atom is 0.251 e. The average Bonchev–Trinajstić information content (AvgIpc) is 2.71. The van der Waals surface area contributed by atoms with Crippen LogP contribution in [0.2, 0.25) is 0 Å². The van der Waals surface area contributed by atoms with Gasteiger partial charge >= 0.3 is 0 Å². The fraction of sp³-hybridized carbons (Fsp3) is 0.435. The van der Waals surface area contributed by atoms with Gasteiger partial charge in [0.2, 0.25) is 0 Å². The summed E-state index contributed by atoms with van der Waals surface area (Å²) in [5, 5.41) is 3.18. The van der Waals surface area contributed by atoms with E-state index in [4.69, 9.17) is 9.47 Å². The first-order valence-electron chi connectivity index (χ1n) is 9.94. The lowest BCUT2D eigenvalue weighted by Crippen LogP contribution is -2.36. The van der Waals surface area contributed by atoms with Gasteiger partial charge in [-0.2, -0.15) is 0 Å². The summed E-state index contributed by atoms with van der Waals surface area (Å²) in [5.74, 6) is 0.772. The van der Waals surface area contributed by atoms with E-state index in [1.807, 2.05) is 55.5 Å². The van der Waals surface area contributed by atoms with Crippen molar-refractivity contribution in [3.63, 3.8) is 0 Å². The van der Waals surface area contributed by atoms with Crippen molar-refractivity contribution in [3.05, 3.63) is 65.2 Å². The SMILES string of the molecule is CCOc1ccc(C(=O)NC2CCCCC2)cc1COCc1ccccc1. The van der Waals surface area contributed by atoms with Gasteiger partial charge in [0.05, 0.1) is 19.8 Å². The molecule has 1 saturated carbocycles. The minimum absolute atomic E-state index is 0.00532. The predicted molar refractivity (Wildman–Crippen MR) is 107 cm³/mol.